The predicted molar refractivity (Wildman–Crippen MR) is 54.5 cm³/mol. The molecule has 0 aliphatic heterocycles. The minimum atomic E-state index is -0.633. The van der Waals surface area contributed by atoms with Gasteiger partial charge in [-0.3, -0.25) is 19.7 Å². The first-order chi connectivity index (χ1) is 7.47. The number of rotatable bonds is 3. The quantitative estimate of drug-likeness (QED) is 0.255. The van der Waals surface area contributed by atoms with Gasteiger partial charge >= 0.3 is 5.97 Å². The molecule has 1 aromatic carbocycles. The molecule has 0 atom stereocenters. The summed E-state index contributed by atoms with van der Waals surface area (Å²) in [6.07, 6.45) is 0.481. The van der Waals surface area contributed by atoms with Crippen molar-refractivity contribution >= 4 is 17.9 Å². The van der Waals surface area contributed by atoms with E-state index in [2.05, 4.69) is 0 Å². The number of esters is 1. The van der Waals surface area contributed by atoms with Crippen molar-refractivity contribution in [3.8, 4) is 5.75 Å². The molecule has 0 N–H and O–H groups in total. The van der Waals surface area contributed by atoms with Gasteiger partial charge in [0, 0.05) is 13.0 Å². The Morgan fingerprint density at radius 2 is 2.12 bits per heavy atom. The number of carbonyl (C=O) groups is 2. The molecule has 0 aliphatic carbocycles. The van der Waals surface area contributed by atoms with Crippen LogP contribution in [0.5, 0.6) is 5.75 Å². The molecule has 0 amide bonds. The highest BCUT2D eigenvalue weighted by molar-refractivity contribution is 5.84. The molecule has 0 fully saturated rings. The minimum Gasteiger partial charge on any atom is -0.425 e. The Bertz CT molecular complexity index is 467. The van der Waals surface area contributed by atoms with Crippen LogP contribution < -0.4 is 4.74 Å². The number of carbonyl (C=O) groups excluding carboxylic acids is 2. The van der Waals surface area contributed by atoms with Crippen molar-refractivity contribution in [2.75, 3.05) is 0 Å². The monoisotopic (exact) mass is 223 g/mol. The lowest BCUT2D eigenvalue weighted by Gasteiger charge is -2.07. The summed E-state index contributed by atoms with van der Waals surface area (Å²) in [5.41, 5.74) is 0.0740. The van der Waals surface area contributed by atoms with E-state index in [0.29, 0.717) is 6.29 Å². The number of ether oxygens (including phenoxy) is 1. The number of hydrogen-bond acceptors (Lipinski definition) is 5. The molecule has 16 heavy (non-hydrogen) atoms. The first-order valence-corrected chi connectivity index (χ1v) is 4.39. The Kier molecular flexibility index (Phi) is 3.34. The van der Waals surface area contributed by atoms with Gasteiger partial charge in [0.25, 0.3) is 5.69 Å². The second kappa shape index (κ2) is 4.52. The number of benzene rings is 1. The second-order valence-electron chi connectivity index (χ2n) is 3.10. The van der Waals surface area contributed by atoms with Crippen LogP contribution in [-0.4, -0.2) is 17.2 Å². The lowest BCUT2D eigenvalue weighted by atomic mass is 10.1. The van der Waals surface area contributed by atoms with Crippen molar-refractivity contribution in [1.82, 2.24) is 0 Å². The molecule has 0 heterocycles. The van der Waals surface area contributed by atoms with Crippen LogP contribution in [-0.2, 0) is 4.79 Å². The zero-order valence-corrected chi connectivity index (χ0v) is 8.72. The highest BCUT2D eigenvalue weighted by atomic mass is 16.6. The van der Waals surface area contributed by atoms with Gasteiger partial charge in [-0.15, -0.1) is 0 Å². The smallest absolute Gasteiger partial charge is 0.308 e. The first kappa shape index (κ1) is 11.8. The summed E-state index contributed by atoms with van der Waals surface area (Å²) in [6.45, 7) is 2.58. The van der Waals surface area contributed by atoms with Crippen molar-refractivity contribution in [3.05, 3.63) is 33.4 Å². The van der Waals surface area contributed by atoms with Crippen molar-refractivity contribution in [3.63, 3.8) is 0 Å². The van der Waals surface area contributed by atoms with Gasteiger partial charge in [-0.25, -0.2) is 0 Å². The van der Waals surface area contributed by atoms with E-state index in [4.69, 9.17) is 4.74 Å². The number of nitrogens with zero attached hydrogens (tertiary/aromatic N) is 1. The van der Waals surface area contributed by atoms with Crippen molar-refractivity contribution < 1.29 is 19.2 Å². The van der Waals surface area contributed by atoms with Gasteiger partial charge in [-0.05, 0) is 13.0 Å². The van der Waals surface area contributed by atoms with Crippen molar-refractivity contribution in [2.45, 2.75) is 13.8 Å². The molecule has 0 spiro atoms. The van der Waals surface area contributed by atoms with Crippen LogP contribution >= 0.6 is 0 Å². The topological polar surface area (TPSA) is 86.5 Å². The lowest BCUT2D eigenvalue weighted by molar-refractivity contribution is -0.385. The van der Waals surface area contributed by atoms with Gasteiger partial charge in [-0.2, -0.15) is 0 Å². The minimum absolute atomic E-state index is 0.0586. The highest BCUT2D eigenvalue weighted by Crippen LogP contribution is 2.30. The normalized spacial score (nSPS) is 9.62. The van der Waals surface area contributed by atoms with Gasteiger partial charge in [0.1, 0.15) is 0 Å². The molecule has 0 bridgehead atoms. The molecule has 6 heteroatoms. The molecule has 6 nitrogen and oxygen atoms in total. The number of nitro benzene ring substituents is 1. The maximum absolute atomic E-state index is 10.8. The molecule has 0 radical (unpaired) electrons. The van der Waals surface area contributed by atoms with Crippen LogP contribution in [0.3, 0.4) is 0 Å². The number of nitro groups is 1. The van der Waals surface area contributed by atoms with Crippen LogP contribution in [0.25, 0.3) is 0 Å². The van der Waals surface area contributed by atoms with Gasteiger partial charge in [0.05, 0.1) is 16.1 Å². The molecule has 0 aromatic heterocycles. The summed E-state index contributed by atoms with van der Waals surface area (Å²) in [7, 11) is 0. The Hall–Kier alpha value is -2.24. The third-order valence-electron chi connectivity index (χ3n) is 1.98. The van der Waals surface area contributed by atoms with Crippen molar-refractivity contribution in [1.29, 1.82) is 0 Å². The molecule has 0 saturated heterocycles. The molecular formula is C10H9NO5. The van der Waals surface area contributed by atoms with Crippen LogP contribution in [0.4, 0.5) is 5.69 Å². The zero-order valence-electron chi connectivity index (χ0n) is 8.72. The summed E-state index contributed by atoms with van der Waals surface area (Å²) >= 11 is 0. The Morgan fingerprint density at radius 3 is 2.56 bits per heavy atom. The fourth-order valence-corrected chi connectivity index (χ4v) is 1.27. The van der Waals surface area contributed by atoms with Gasteiger partial charge in [-0.1, -0.05) is 0 Å². The Labute approximate surface area is 91.0 Å². The predicted octanol–water partition coefficient (Wildman–Crippen LogP) is 1.64. The zero-order chi connectivity index (χ0) is 12.3. The van der Waals surface area contributed by atoms with E-state index >= 15 is 0 Å². The molecular weight excluding hydrogens is 214 g/mol. The van der Waals surface area contributed by atoms with Crippen molar-refractivity contribution in [2.24, 2.45) is 0 Å². The van der Waals surface area contributed by atoms with E-state index in [1.807, 2.05) is 0 Å². The van der Waals surface area contributed by atoms with Crippen LogP contribution in [0, 0.1) is 17.0 Å². The Balaban J connectivity index is 3.39. The SMILES string of the molecule is CC(=O)Oc1c(C=O)ccc([N+](=O)[O-])c1C. The molecule has 0 unspecified atom stereocenters. The van der Waals surface area contributed by atoms with Crippen LogP contribution in [0.1, 0.15) is 22.8 Å². The average molecular weight is 223 g/mol. The third kappa shape index (κ3) is 2.22. The second-order valence-corrected chi connectivity index (χ2v) is 3.10. The molecule has 1 rings (SSSR count). The van der Waals surface area contributed by atoms with E-state index < -0.39 is 10.9 Å². The van der Waals surface area contributed by atoms with E-state index in [0.717, 1.165) is 6.92 Å². The average Bonchev–Trinajstić information content (AvgIpc) is 2.19. The first-order valence-electron chi connectivity index (χ1n) is 4.39. The fourth-order valence-electron chi connectivity index (χ4n) is 1.27. The van der Waals surface area contributed by atoms with E-state index in [9.17, 15) is 19.7 Å². The summed E-state index contributed by atoms with van der Waals surface area (Å²) in [5, 5.41) is 10.6. The Morgan fingerprint density at radius 1 is 1.50 bits per heavy atom. The molecule has 0 aliphatic rings. The highest BCUT2D eigenvalue weighted by Gasteiger charge is 2.19. The molecule has 0 saturated carbocycles. The largest absolute Gasteiger partial charge is 0.425 e. The van der Waals surface area contributed by atoms with E-state index in [1.54, 1.807) is 0 Å². The molecule has 1 aromatic rings. The standard InChI is InChI=1S/C10H9NO5/c1-6-9(11(14)15)4-3-8(5-12)10(6)16-7(2)13/h3-5H,1-2H3. The summed E-state index contributed by atoms with van der Waals surface area (Å²) < 4.78 is 4.78. The van der Waals surface area contributed by atoms with Crippen LogP contribution in [0.15, 0.2) is 12.1 Å². The maximum Gasteiger partial charge on any atom is 0.308 e. The summed E-state index contributed by atoms with van der Waals surface area (Å²) in [5.74, 6) is -0.691. The molecule has 84 valence electrons. The van der Waals surface area contributed by atoms with Gasteiger partial charge in [0.15, 0.2) is 12.0 Å². The summed E-state index contributed by atoms with van der Waals surface area (Å²) in [4.78, 5) is 31.5. The fraction of sp³-hybridized carbons (Fsp3) is 0.200. The third-order valence-corrected chi connectivity index (χ3v) is 1.98. The lowest BCUT2D eigenvalue weighted by Crippen LogP contribution is -2.06. The maximum atomic E-state index is 10.8. The van der Waals surface area contributed by atoms with Crippen LogP contribution in [0.2, 0.25) is 0 Å². The van der Waals surface area contributed by atoms with E-state index in [-0.39, 0.29) is 22.6 Å². The number of aldehydes is 1. The number of hydrogen-bond donors (Lipinski definition) is 0. The van der Waals surface area contributed by atoms with Gasteiger partial charge < -0.3 is 4.74 Å². The van der Waals surface area contributed by atoms with Gasteiger partial charge in [0.2, 0.25) is 0 Å². The summed E-state index contributed by atoms with van der Waals surface area (Å²) in [6, 6.07) is 2.45. The van der Waals surface area contributed by atoms with E-state index in [1.165, 1.54) is 19.1 Å².